The van der Waals surface area contributed by atoms with Crippen LogP contribution in [0.25, 0.3) is 0 Å². The summed E-state index contributed by atoms with van der Waals surface area (Å²) in [6.45, 7) is 0.470. The SMILES string of the molecule is Nc1cccc2c1CCN2C(=O)Nc1ccc(F)cc1F. The van der Waals surface area contributed by atoms with Crippen LogP contribution in [0.15, 0.2) is 36.4 Å². The van der Waals surface area contributed by atoms with Crippen LogP contribution in [0.1, 0.15) is 5.56 Å². The molecule has 0 saturated carbocycles. The molecule has 0 unspecified atom stereocenters. The van der Waals surface area contributed by atoms with E-state index >= 15 is 0 Å². The highest BCUT2D eigenvalue weighted by Crippen LogP contribution is 2.32. The van der Waals surface area contributed by atoms with Gasteiger partial charge in [0.2, 0.25) is 0 Å². The molecule has 0 spiro atoms. The number of halogens is 2. The monoisotopic (exact) mass is 289 g/mol. The largest absolute Gasteiger partial charge is 0.398 e. The summed E-state index contributed by atoms with van der Waals surface area (Å²) >= 11 is 0. The van der Waals surface area contributed by atoms with Crippen LogP contribution < -0.4 is 16.0 Å². The minimum absolute atomic E-state index is 0.0567. The third-order valence-corrected chi connectivity index (χ3v) is 3.48. The molecular formula is C15H13F2N3O. The minimum Gasteiger partial charge on any atom is -0.398 e. The third kappa shape index (κ3) is 2.40. The first-order chi connectivity index (χ1) is 10.1. The molecule has 21 heavy (non-hydrogen) atoms. The highest BCUT2D eigenvalue weighted by atomic mass is 19.1. The van der Waals surface area contributed by atoms with E-state index < -0.39 is 17.7 Å². The molecule has 2 aromatic carbocycles. The molecule has 1 heterocycles. The molecule has 2 amide bonds. The molecule has 0 fully saturated rings. The number of nitrogen functional groups attached to an aromatic ring is 1. The molecule has 3 rings (SSSR count). The van der Waals surface area contributed by atoms with Crippen LogP contribution in [0.3, 0.4) is 0 Å². The lowest BCUT2D eigenvalue weighted by Gasteiger charge is -2.18. The Hall–Kier alpha value is -2.63. The van der Waals surface area contributed by atoms with Crippen molar-refractivity contribution >= 4 is 23.1 Å². The summed E-state index contributed by atoms with van der Waals surface area (Å²) < 4.78 is 26.4. The van der Waals surface area contributed by atoms with Gasteiger partial charge in [0.05, 0.1) is 11.4 Å². The van der Waals surface area contributed by atoms with E-state index in [0.29, 0.717) is 18.7 Å². The zero-order valence-corrected chi connectivity index (χ0v) is 11.1. The van der Waals surface area contributed by atoms with E-state index in [4.69, 9.17) is 5.73 Å². The lowest BCUT2D eigenvalue weighted by molar-refractivity contribution is 0.257. The van der Waals surface area contributed by atoms with Crippen LogP contribution in [0, 0.1) is 11.6 Å². The fourth-order valence-corrected chi connectivity index (χ4v) is 2.45. The van der Waals surface area contributed by atoms with Gasteiger partial charge in [-0.15, -0.1) is 0 Å². The van der Waals surface area contributed by atoms with Crippen molar-refractivity contribution in [2.75, 3.05) is 22.5 Å². The number of carbonyl (C=O) groups is 1. The fourth-order valence-electron chi connectivity index (χ4n) is 2.45. The maximum absolute atomic E-state index is 13.6. The average molecular weight is 289 g/mol. The second-order valence-corrected chi connectivity index (χ2v) is 4.80. The zero-order valence-electron chi connectivity index (χ0n) is 11.1. The summed E-state index contributed by atoms with van der Waals surface area (Å²) in [4.78, 5) is 13.7. The number of benzene rings is 2. The Bertz CT molecular complexity index is 718. The van der Waals surface area contributed by atoms with Gasteiger partial charge in [-0.05, 0) is 30.7 Å². The number of amides is 2. The predicted molar refractivity (Wildman–Crippen MR) is 77.3 cm³/mol. The molecule has 1 aliphatic rings. The first-order valence-corrected chi connectivity index (χ1v) is 6.47. The molecule has 3 N–H and O–H groups in total. The van der Waals surface area contributed by atoms with E-state index in [-0.39, 0.29) is 5.69 Å². The highest BCUT2D eigenvalue weighted by Gasteiger charge is 2.26. The fraction of sp³-hybridized carbons (Fsp3) is 0.133. The van der Waals surface area contributed by atoms with Crippen LogP contribution >= 0.6 is 0 Å². The van der Waals surface area contributed by atoms with Crippen molar-refractivity contribution in [1.29, 1.82) is 0 Å². The van der Waals surface area contributed by atoms with Gasteiger partial charge in [-0.1, -0.05) is 6.07 Å². The molecule has 2 aromatic rings. The van der Waals surface area contributed by atoms with Gasteiger partial charge < -0.3 is 11.1 Å². The molecule has 1 aliphatic heterocycles. The van der Waals surface area contributed by atoms with Crippen LogP contribution in [0.2, 0.25) is 0 Å². The number of nitrogens with two attached hydrogens (primary N) is 1. The molecule has 0 radical (unpaired) electrons. The summed E-state index contributed by atoms with van der Waals surface area (Å²) in [6, 6.07) is 7.88. The van der Waals surface area contributed by atoms with Gasteiger partial charge >= 0.3 is 6.03 Å². The summed E-state index contributed by atoms with van der Waals surface area (Å²) in [5.41, 5.74) is 8.07. The standard InChI is InChI=1S/C15H13F2N3O/c16-9-4-5-13(11(17)8-9)19-15(21)20-7-6-10-12(18)2-1-3-14(10)20/h1-5,8H,6-7,18H2,(H,19,21). The number of hydrogen-bond acceptors (Lipinski definition) is 2. The Balaban J connectivity index is 1.83. The number of nitrogens with one attached hydrogen (secondary N) is 1. The van der Waals surface area contributed by atoms with Gasteiger partial charge in [-0.2, -0.15) is 0 Å². The normalized spacial score (nSPS) is 13.1. The van der Waals surface area contributed by atoms with Crippen molar-refractivity contribution < 1.29 is 13.6 Å². The van der Waals surface area contributed by atoms with Gasteiger partial charge in [0.1, 0.15) is 11.6 Å². The maximum Gasteiger partial charge on any atom is 0.326 e. The molecule has 0 aromatic heterocycles. The molecule has 0 aliphatic carbocycles. The van der Waals surface area contributed by atoms with E-state index in [1.165, 1.54) is 11.0 Å². The molecule has 6 heteroatoms. The Morgan fingerprint density at radius 1 is 1.24 bits per heavy atom. The van der Waals surface area contributed by atoms with Crippen molar-refractivity contribution in [3.05, 3.63) is 53.6 Å². The number of hydrogen-bond donors (Lipinski definition) is 2. The summed E-state index contributed by atoms with van der Waals surface area (Å²) in [7, 11) is 0. The summed E-state index contributed by atoms with van der Waals surface area (Å²) in [6.07, 6.45) is 0.654. The molecule has 0 atom stereocenters. The van der Waals surface area contributed by atoms with Crippen molar-refractivity contribution in [3.63, 3.8) is 0 Å². The average Bonchev–Trinajstić information content (AvgIpc) is 2.87. The summed E-state index contributed by atoms with van der Waals surface area (Å²) in [5, 5.41) is 2.44. The third-order valence-electron chi connectivity index (χ3n) is 3.48. The van der Waals surface area contributed by atoms with Gasteiger partial charge in [0, 0.05) is 23.9 Å². The van der Waals surface area contributed by atoms with Gasteiger partial charge in [0.15, 0.2) is 0 Å². The number of fused-ring (bicyclic) bond motifs is 1. The Morgan fingerprint density at radius 3 is 2.81 bits per heavy atom. The number of nitrogens with zero attached hydrogens (tertiary/aromatic N) is 1. The van der Waals surface area contributed by atoms with Crippen LogP contribution in [0.4, 0.5) is 30.6 Å². The van der Waals surface area contributed by atoms with Crippen molar-refractivity contribution in [1.82, 2.24) is 0 Å². The molecule has 108 valence electrons. The van der Waals surface area contributed by atoms with Gasteiger partial charge in [-0.25, -0.2) is 13.6 Å². The molecular weight excluding hydrogens is 276 g/mol. The van der Waals surface area contributed by atoms with Gasteiger partial charge in [-0.3, -0.25) is 4.90 Å². The van der Waals surface area contributed by atoms with E-state index in [2.05, 4.69) is 5.32 Å². The van der Waals surface area contributed by atoms with Crippen molar-refractivity contribution in [2.45, 2.75) is 6.42 Å². The lowest BCUT2D eigenvalue weighted by Crippen LogP contribution is -2.33. The number of urea groups is 1. The Morgan fingerprint density at radius 2 is 2.05 bits per heavy atom. The van der Waals surface area contributed by atoms with Gasteiger partial charge in [0.25, 0.3) is 0 Å². The van der Waals surface area contributed by atoms with Crippen LogP contribution in [-0.4, -0.2) is 12.6 Å². The second-order valence-electron chi connectivity index (χ2n) is 4.80. The minimum atomic E-state index is -0.810. The quantitative estimate of drug-likeness (QED) is 0.792. The van der Waals surface area contributed by atoms with E-state index in [0.717, 1.165) is 23.4 Å². The highest BCUT2D eigenvalue weighted by molar-refractivity contribution is 6.03. The topological polar surface area (TPSA) is 58.4 Å². The number of carbonyl (C=O) groups excluding carboxylic acids is 1. The zero-order chi connectivity index (χ0) is 15.0. The maximum atomic E-state index is 13.6. The van der Waals surface area contributed by atoms with Crippen molar-refractivity contribution in [2.24, 2.45) is 0 Å². The summed E-state index contributed by atoms with van der Waals surface area (Å²) in [5.74, 6) is -1.50. The second kappa shape index (κ2) is 5.05. The smallest absolute Gasteiger partial charge is 0.326 e. The molecule has 4 nitrogen and oxygen atoms in total. The van der Waals surface area contributed by atoms with Crippen LogP contribution in [-0.2, 0) is 6.42 Å². The Kier molecular flexibility index (Phi) is 3.21. The molecule has 0 saturated heterocycles. The first-order valence-electron chi connectivity index (χ1n) is 6.47. The van der Waals surface area contributed by atoms with Crippen molar-refractivity contribution in [3.8, 4) is 0 Å². The van der Waals surface area contributed by atoms with E-state index in [1.807, 2.05) is 0 Å². The van der Waals surface area contributed by atoms with Crippen LogP contribution in [0.5, 0.6) is 0 Å². The number of anilines is 3. The predicted octanol–water partition coefficient (Wildman–Crippen LogP) is 3.14. The lowest BCUT2D eigenvalue weighted by atomic mass is 10.1. The Labute approximate surface area is 120 Å². The van der Waals surface area contributed by atoms with E-state index in [9.17, 15) is 13.6 Å². The number of rotatable bonds is 1. The molecule has 0 bridgehead atoms. The first kappa shape index (κ1) is 13.4. The van der Waals surface area contributed by atoms with E-state index in [1.54, 1.807) is 18.2 Å².